The average Bonchev–Trinajstić information content (AvgIpc) is 3.16. The van der Waals surface area contributed by atoms with Crippen LogP contribution in [0.5, 0.6) is 0 Å². The number of fused-ring (bicyclic) bond motifs is 5. The Balaban J connectivity index is 1.22. The molecule has 2 aliphatic heterocycles. The molecule has 3 aliphatic rings. The van der Waals surface area contributed by atoms with Gasteiger partial charge in [-0.05, 0) is 41.2 Å². The Morgan fingerprint density at radius 3 is 2.36 bits per heavy atom. The van der Waals surface area contributed by atoms with Gasteiger partial charge in [0.1, 0.15) is 12.4 Å². The molecular weight excluding hydrogens is 414 g/mol. The van der Waals surface area contributed by atoms with Crippen molar-refractivity contribution in [1.82, 2.24) is 14.9 Å². The molecule has 1 amide bonds. The second-order valence-corrected chi connectivity index (χ2v) is 8.88. The molecule has 0 spiro atoms. The van der Waals surface area contributed by atoms with Gasteiger partial charge in [0.05, 0.1) is 25.3 Å². The van der Waals surface area contributed by atoms with E-state index < -0.39 is 0 Å². The van der Waals surface area contributed by atoms with Crippen molar-refractivity contribution >= 4 is 11.7 Å². The number of carbonyl (C=O) groups is 1. The van der Waals surface area contributed by atoms with E-state index in [1.54, 1.807) is 0 Å². The van der Waals surface area contributed by atoms with Gasteiger partial charge in [0.15, 0.2) is 0 Å². The van der Waals surface area contributed by atoms with E-state index in [9.17, 15) is 4.79 Å². The van der Waals surface area contributed by atoms with Gasteiger partial charge in [-0.15, -0.1) is 0 Å². The standard InChI is InChI=1S/C27H25N3O3/c1-17-28-12-19(13-29-17)18-10-20-14-32-15-21(11-18)30(20)27(31)33-16-26-24-8-4-2-6-22(24)23-7-3-5-9-25(23)26/h2-10,12-13,20-21,26H,11,14-16H2,1H3. The number of morpholine rings is 1. The lowest BCUT2D eigenvalue weighted by molar-refractivity contribution is -0.0331. The largest absolute Gasteiger partial charge is 0.448 e. The summed E-state index contributed by atoms with van der Waals surface area (Å²) in [7, 11) is 0. The molecule has 6 nitrogen and oxygen atoms in total. The lowest BCUT2D eigenvalue weighted by Crippen LogP contribution is -2.56. The molecular formula is C27H25N3O3. The number of benzene rings is 2. The van der Waals surface area contributed by atoms with Crippen molar-refractivity contribution in [1.29, 1.82) is 0 Å². The molecule has 3 heterocycles. The molecule has 2 bridgehead atoms. The Morgan fingerprint density at radius 2 is 1.70 bits per heavy atom. The molecule has 6 rings (SSSR count). The number of carbonyl (C=O) groups excluding carboxylic acids is 1. The van der Waals surface area contributed by atoms with Crippen LogP contribution in [0.4, 0.5) is 4.79 Å². The maximum Gasteiger partial charge on any atom is 0.410 e. The van der Waals surface area contributed by atoms with Gasteiger partial charge in [0, 0.05) is 23.9 Å². The zero-order chi connectivity index (χ0) is 22.4. The molecule has 1 fully saturated rings. The minimum atomic E-state index is -0.273. The first kappa shape index (κ1) is 20.1. The summed E-state index contributed by atoms with van der Waals surface area (Å²) in [5.74, 6) is 0.803. The Hall–Kier alpha value is -3.51. The summed E-state index contributed by atoms with van der Waals surface area (Å²) in [5, 5.41) is 0. The topological polar surface area (TPSA) is 64.5 Å². The van der Waals surface area contributed by atoms with E-state index in [2.05, 4.69) is 52.4 Å². The van der Waals surface area contributed by atoms with E-state index in [0.29, 0.717) is 26.2 Å². The van der Waals surface area contributed by atoms with Crippen molar-refractivity contribution in [3.8, 4) is 11.1 Å². The van der Waals surface area contributed by atoms with Crippen molar-refractivity contribution in [2.75, 3.05) is 19.8 Å². The van der Waals surface area contributed by atoms with E-state index in [1.807, 2.05) is 36.4 Å². The van der Waals surface area contributed by atoms with Gasteiger partial charge >= 0.3 is 6.09 Å². The van der Waals surface area contributed by atoms with Gasteiger partial charge in [0.25, 0.3) is 0 Å². The van der Waals surface area contributed by atoms with Crippen LogP contribution in [0.15, 0.2) is 67.0 Å². The molecule has 3 aromatic rings. The van der Waals surface area contributed by atoms with Gasteiger partial charge < -0.3 is 9.47 Å². The summed E-state index contributed by atoms with van der Waals surface area (Å²) in [5.41, 5.74) is 7.06. The molecule has 0 radical (unpaired) electrons. The predicted molar refractivity (Wildman–Crippen MR) is 125 cm³/mol. The van der Waals surface area contributed by atoms with Crippen LogP contribution in [-0.2, 0) is 9.47 Å². The fourth-order valence-corrected chi connectivity index (χ4v) is 5.32. The summed E-state index contributed by atoms with van der Waals surface area (Å²) in [6.45, 7) is 3.17. The number of amides is 1. The van der Waals surface area contributed by atoms with Crippen LogP contribution in [0.3, 0.4) is 0 Å². The van der Waals surface area contributed by atoms with Gasteiger partial charge in [-0.1, -0.05) is 54.6 Å². The second kappa shape index (κ2) is 8.12. The Bertz CT molecular complexity index is 1190. The molecule has 1 aromatic heterocycles. The van der Waals surface area contributed by atoms with Gasteiger partial charge in [0.2, 0.25) is 0 Å². The first-order valence-corrected chi connectivity index (χ1v) is 11.4. The molecule has 6 heteroatoms. The van der Waals surface area contributed by atoms with E-state index in [4.69, 9.17) is 9.47 Å². The number of hydrogen-bond donors (Lipinski definition) is 0. The summed E-state index contributed by atoms with van der Waals surface area (Å²) < 4.78 is 11.7. The number of aryl methyl sites for hydroxylation is 1. The molecule has 166 valence electrons. The predicted octanol–water partition coefficient (Wildman–Crippen LogP) is 4.59. The Labute approximate surface area is 192 Å². The van der Waals surface area contributed by atoms with Crippen molar-refractivity contribution in [2.45, 2.75) is 31.3 Å². The molecule has 1 saturated heterocycles. The highest BCUT2D eigenvalue weighted by atomic mass is 16.6. The Kier molecular flexibility index (Phi) is 4.95. The molecule has 0 N–H and O–H groups in total. The third-order valence-electron chi connectivity index (χ3n) is 6.90. The zero-order valence-electron chi connectivity index (χ0n) is 18.5. The monoisotopic (exact) mass is 439 g/mol. The molecule has 0 saturated carbocycles. The lowest BCUT2D eigenvalue weighted by Gasteiger charge is -2.43. The molecule has 2 aromatic carbocycles. The van der Waals surface area contributed by atoms with Crippen LogP contribution in [-0.4, -0.2) is 52.9 Å². The number of rotatable bonds is 3. The fraction of sp³-hybridized carbons (Fsp3) is 0.296. The minimum Gasteiger partial charge on any atom is -0.448 e. The molecule has 2 atom stereocenters. The van der Waals surface area contributed by atoms with Crippen LogP contribution < -0.4 is 0 Å². The van der Waals surface area contributed by atoms with Gasteiger partial charge in [-0.25, -0.2) is 14.8 Å². The highest BCUT2D eigenvalue weighted by molar-refractivity contribution is 5.79. The lowest BCUT2D eigenvalue weighted by atomic mass is 9.91. The van der Waals surface area contributed by atoms with Crippen molar-refractivity contribution in [3.63, 3.8) is 0 Å². The normalized spacial score (nSPS) is 21.2. The molecule has 33 heavy (non-hydrogen) atoms. The first-order chi connectivity index (χ1) is 16.2. The average molecular weight is 440 g/mol. The van der Waals surface area contributed by atoms with Gasteiger partial charge in [-0.3, -0.25) is 4.90 Å². The number of aromatic nitrogens is 2. The van der Waals surface area contributed by atoms with Crippen LogP contribution in [0, 0.1) is 6.92 Å². The maximum atomic E-state index is 13.3. The SMILES string of the molecule is Cc1ncc(C2=CC3COCC(C2)N3C(=O)OCC2c3ccccc3-c3ccccc32)cn1. The van der Waals surface area contributed by atoms with E-state index >= 15 is 0 Å². The van der Waals surface area contributed by atoms with Crippen molar-refractivity contribution in [2.24, 2.45) is 0 Å². The summed E-state index contributed by atoms with van der Waals surface area (Å²) in [6.07, 6.45) is 6.24. The highest BCUT2D eigenvalue weighted by Gasteiger charge is 2.40. The maximum absolute atomic E-state index is 13.3. The summed E-state index contributed by atoms with van der Waals surface area (Å²) in [6, 6.07) is 16.6. The summed E-state index contributed by atoms with van der Waals surface area (Å²) in [4.78, 5) is 23.8. The van der Waals surface area contributed by atoms with Crippen LogP contribution in [0.2, 0.25) is 0 Å². The van der Waals surface area contributed by atoms with Crippen LogP contribution in [0.25, 0.3) is 16.7 Å². The van der Waals surface area contributed by atoms with Crippen LogP contribution in [0.1, 0.15) is 34.9 Å². The number of nitrogens with zero attached hydrogens (tertiary/aromatic N) is 3. The van der Waals surface area contributed by atoms with Gasteiger partial charge in [-0.2, -0.15) is 0 Å². The quantitative estimate of drug-likeness (QED) is 0.597. The number of hydrogen-bond acceptors (Lipinski definition) is 5. The van der Waals surface area contributed by atoms with E-state index in [1.165, 1.54) is 22.3 Å². The fourth-order valence-electron chi connectivity index (χ4n) is 5.32. The van der Waals surface area contributed by atoms with Crippen LogP contribution >= 0.6 is 0 Å². The Morgan fingerprint density at radius 1 is 1.03 bits per heavy atom. The molecule has 2 unspecified atom stereocenters. The minimum absolute atomic E-state index is 0.0537. The zero-order valence-corrected chi connectivity index (χ0v) is 18.5. The second-order valence-electron chi connectivity index (χ2n) is 8.88. The van der Waals surface area contributed by atoms with Crippen molar-refractivity contribution in [3.05, 3.63) is 89.5 Å². The first-order valence-electron chi connectivity index (χ1n) is 11.4. The smallest absolute Gasteiger partial charge is 0.410 e. The van der Waals surface area contributed by atoms with Crippen molar-refractivity contribution < 1.29 is 14.3 Å². The molecule has 1 aliphatic carbocycles. The number of ether oxygens (including phenoxy) is 2. The highest BCUT2D eigenvalue weighted by Crippen LogP contribution is 2.44. The third-order valence-corrected chi connectivity index (χ3v) is 6.90. The summed E-state index contributed by atoms with van der Waals surface area (Å²) >= 11 is 0. The van der Waals surface area contributed by atoms with E-state index in [-0.39, 0.29) is 24.1 Å². The van der Waals surface area contributed by atoms with E-state index in [0.717, 1.165) is 17.0 Å². The third kappa shape index (κ3) is 3.51.